The molecule has 2 aliphatic rings. The zero-order valence-corrected chi connectivity index (χ0v) is 18.0. The number of pyridine rings is 1. The van der Waals surface area contributed by atoms with Crippen LogP contribution in [0, 0.1) is 29.6 Å². The molecule has 6 heteroatoms. The Kier molecular flexibility index (Phi) is 6.13. The summed E-state index contributed by atoms with van der Waals surface area (Å²) in [6, 6.07) is 11.8. The van der Waals surface area contributed by atoms with Gasteiger partial charge in [0.1, 0.15) is 11.8 Å². The Balaban J connectivity index is 1.44. The van der Waals surface area contributed by atoms with Crippen molar-refractivity contribution in [1.82, 2.24) is 4.98 Å². The van der Waals surface area contributed by atoms with Crippen LogP contribution in [-0.2, 0) is 4.79 Å². The maximum Gasteiger partial charge on any atom is 0.303 e. The number of benzene rings is 1. The van der Waals surface area contributed by atoms with E-state index in [2.05, 4.69) is 16.0 Å². The minimum absolute atomic E-state index is 0.302. The Hall–Kier alpha value is -3.07. The summed E-state index contributed by atoms with van der Waals surface area (Å²) in [5, 5.41) is 18.7. The fourth-order valence-corrected chi connectivity index (χ4v) is 5.08. The highest BCUT2D eigenvalue weighted by molar-refractivity contribution is 5.67. The lowest BCUT2D eigenvalue weighted by molar-refractivity contribution is -0.138. The highest BCUT2D eigenvalue weighted by Crippen LogP contribution is 2.47. The lowest BCUT2D eigenvalue weighted by Crippen LogP contribution is -2.42. The standard InChI is InChI=1S/C25H29N3O3/c1-18-3-2-12-27-24(18)31-21-5-4-20(17-26)22(16-21)28-13-10-25(11-14-28)8-6-19(7-9-25)15-23(29)30/h2-5,12,16,19H,6-11,13-15H2,1H3,(H,29,30). The number of nitriles is 1. The van der Waals surface area contributed by atoms with Crippen molar-refractivity contribution in [2.75, 3.05) is 18.0 Å². The van der Waals surface area contributed by atoms with Gasteiger partial charge in [-0.3, -0.25) is 4.79 Å². The molecule has 1 aliphatic heterocycles. The molecule has 6 nitrogen and oxygen atoms in total. The van der Waals surface area contributed by atoms with E-state index in [9.17, 15) is 10.1 Å². The van der Waals surface area contributed by atoms with Gasteiger partial charge in [-0.15, -0.1) is 0 Å². The maximum absolute atomic E-state index is 11.0. The minimum atomic E-state index is -0.678. The van der Waals surface area contributed by atoms with E-state index in [-0.39, 0.29) is 0 Å². The van der Waals surface area contributed by atoms with Crippen LogP contribution >= 0.6 is 0 Å². The van der Waals surface area contributed by atoms with Crippen LogP contribution in [0.5, 0.6) is 11.6 Å². The molecule has 1 saturated heterocycles. The lowest BCUT2D eigenvalue weighted by atomic mass is 9.65. The molecule has 1 saturated carbocycles. The predicted molar refractivity (Wildman–Crippen MR) is 118 cm³/mol. The Morgan fingerprint density at radius 3 is 2.65 bits per heavy atom. The lowest BCUT2D eigenvalue weighted by Gasteiger charge is -2.46. The van der Waals surface area contributed by atoms with Gasteiger partial charge in [0.25, 0.3) is 0 Å². The van der Waals surface area contributed by atoms with Crippen molar-refractivity contribution in [3.63, 3.8) is 0 Å². The largest absolute Gasteiger partial charge is 0.481 e. The number of carboxylic acids is 1. The van der Waals surface area contributed by atoms with E-state index in [1.807, 2.05) is 37.3 Å². The van der Waals surface area contributed by atoms with E-state index < -0.39 is 5.97 Å². The second kappa shape index (κ2) is 8.97. The second-order valence-electron chi connectivity index (χ2n) is 9.05. The molecule has 4 rings (SSSR count). The molecule has 1 aromatic heterocycles. The third kappa shape index (κ3) is 4.82. The van der Waals surface area contributed by atoms with E-state index >= 15 is 0 Å². The molecule has 2 heterocycles. The minimum Gasteiger partial charge on any atom is -0.481 e. The summed E-state index contributed by atoms with van der Waals surface area (Å²) in [4.78, 5) is 17.6. The van der Waals surface area contributed by atoms with Crippen LogP contribution in [0.3, 0.4) is 0 Å². The van der Waals surface area contributed by atoms with Gasteiger partial charge in [-0.05, 0) is 75.0 Å². The highest BCUT2D eigenvalue weighted by Gasteiger charge is 2.38. The molecule has 31 heavy (non-hydrogen) atoms. The number of carboxylic acid groups (broad SMARTS) is 1. The maximum atomic E-state index is 11.0. The quantitative estimate of drug-likeness (QED) is 0.707. The van der Waals surface area contributed by atoms with Crippen LogP contribution in [0.2, 0.25) is 0 Å². The predicted octanol–water partition coefficient (Wildman–Crippen LogP) is 5.31. The average Bonchev–Trinajstić information content (AvgIpc) is 2.77. The van der Waals surface area contributed by atoms with Crippen LogP contribution < -0.4 is 9.64 Å². The number of hydrogen-bond donors (Lipinski definition) is 1. The number of hydrogen-bond acceptors (Lipinski definition) is 5. The molecule has 1 N–H and O–H groups in total. The Morgan fingerprint density at radius 2 is 2.00 bits per heavy atom. The van der Waals surface area contributed by atoms with E-state index in [1.54, 1.807) is 6.20 Å². The molecule has 2 aromatic rings. The van der Waals surface area contributed by atoms with E-state index in [0.29, 0.717) is 34.9 Å². The Morgan fingerprint density at radius 1 is 1.26 bits per heavy atom. The van der Waals surface area contributed by atoms with Crippen LogP contribution in [0.1, 0.15) is 56.1 Å². The number of carbonyl (C=O) groups is 1. The molecule has 2 fully saturated rings. The van der Waals surface area contributed by atoms with Gasteiger partial charge in [-0.1, -0.05) is 6.07 Å². The fourth-order valence-electron chi connectivity index (χ4n) is 5.08. The molecule has 0 atom stereocenters. The SMILES string of the molecule is Cc1cccnc1Oc1ccc(C#N)c(N2CCC3(CCC(CC(=O)O)CC3)CC2)c1. The van der Waals surface area contributed by atoms with Crippen LogP contribution in [0.15, 0.2) is 36.5 Å². The number of ether oxygens (including phenoxy) is 1. The number of aliphatic carboxylic acids is 1. The first-order chi connectivity index (χ1) is 15.0. The second-order valence-corrected chi connectivity index (χ2v) is 9.05. The monoisotopic (exact) mass is 419 g/mol. The van der Waals surface area contributed by atoms with E-state index in [1.165, 1.54) is 0 Å². The van der Waals surface area contributed by atoms with Gasteiger partial charge < -0.3 is 14.7 Å². The molecule has 0 radical (unpaired) electrons. The van der Waals surface area contributed by atoms with Crippen LogP contribution in [-0.4, -0.2) is 29.1 Å². The summed E-state index contributed by atoms with van der Waals surface area (Å²) < 4.78 is 6.00. The number of nitrogens with zero attached hydrogens (tertiary/aromatic N) is 3. The van der Waals surface area contributed by atoms with E-state index in [0.717, 1.165) is 62.9 Å². The molecular formula is C25H29N3O3. The van der Waals surface area contributed by atoms with Crippen molar-refractivity contribution < 1.29 is 14.6 Å². The summed E-state index contributed by atoms with van der Waals surface area (Å²) in [6.07, 6.45) is 8.45. The zero-order valence-electron chi connectivity index (χ0n) is 18.0. The topological polar surface area (TPSA) is 86.5 Å². The van der Waals surface area contributed by atoms with Gasteiger partial charge in [0.05, 0.1) is 11.3 Å². The van der Waals surface area contributed by atoms with Gasteiger partial charge in [-0.2, -0.15) is 5.26 Å². The van der Waals surface area contributed by atoms with E-state index in [4.69, 9.17) is 9.84 Å². The van der Waals surface area contributed by atoms with Crippen molar-refractivity contribution in [2.45, 2.75) is 51.9 Å². The molecule has 1 aliphatic carbocycles. The zero-order chi connectivity index (χ0) is 21.8. The summed E-state index contributed by atoms with van der Waals surface area (Å²) in [5.74, 6) is 0.914. The molecule has 0 bridgehead atoms. The summed E-state index contributed by atoms with van der Waals surface area (Å²) >= 11 is 0. The molecule has 0 amide bonds. The first-order valence-corrected chi connectivity index (χ1v) is 11.1. The third-order valence-corrected chi connectivity index (χ3v) is 7.06. The first-order valence-electron chi connectivity index (χ1n) is 11.1. The van der Waals surface area contributed by atoms with Crippen molar-refractivity contribution in [3.8, 4) is 17.7 Å². The third-order valence-electron chi connectivity index (χ3n) is 7.06. The van der Waals surface area contributed by atoms with Gasteiger partial charge >= 0.3 is 5.97 Å². The van der Waals surface area contributed by atoms with Crippen molar-refractivity contribution in [3.05, 3.63) is 47.7 Å². The molecule has 1 aromatic carbocycles. The van der Waals surface area contributed by atoms with Gasteiger partial charge in [0.15, 0.2) is 0 Å². The molecule has 1 spiro atoms. The number of anilines is 1. The molecule has 0 unspecified atom stereocenters. The normalized spacial score (nSPS) is 18.5. The summed E-state index contributed by atoms with van der Waals surface area (Å²) in [7, 11) is 0. The van der Waals surface area contributed by atoms with Gasteiger partial charge in [-0.25, -0.2) is 4.98 Å². The number of aromatic nitrogens is 1. The Bertz CT molecular complexity index is 980. The summed E-state index contributed by atoms with van der Waals surface area (Å²) in [6.45, 7) is 3.77. The van der Waals surface area contributed by atoms with Crippen LogP contribution in [0.4, 0.5) is 5.69 Å². The highest BCUT2D eigenvalue weighted by atomic mass is 16.5. The van der Waals surface area contributed by atoms with Crippen molar-refractivity contribution >= 4 is 11.7 Å². The van der Waals surface area contributed by atoms with Gasteiger partial charge in [0.2, 0.25) is 5.88 Å². The Labute approximate surface area is 183 Å². The van der Waals surface area contributed by atoms with Crippen molar-refractivity contribution in [2.24, 2.45) is 11.3 Å². The number of rotatable bonds is 5. The van der Waals surface area contributed by atoms with Gasteiger partial charge in [0, 0.05) is 37.3 Å². The fraction of sp³-hybridized carbons (Fsp3) is 0.480. The summed E-state index contributed by atoms with van der Waals surface area (Å²) in [5.41, 5.74) is 2.87. The van der Waals surface area contributed by atoms with Crippen LogP contribution in [0.25, 0.3) is 0 Å². The number of aryl methyl sites for hydroxylation is 1. The molecular weight excluding hydrogens is 390 g/mol. The average molecular weight is 420 g/mol. The first kappa shape index (κ1) is 21.2. The molecule has 162 valence electrons. The van der Waals surface area contributed by atoms with Crippen molar-refractivity contribution in [1.29, 1.82) is 5.26 Å². The smallest absolute Gasteiger partial charge is 0.303 e. The number of piperidine rings is 1.